The molecule has 0 spiro atoms. The molecule has 5 nitrogen and oxygen atoms in total. The fourth-order valence-electron chi connectivity index (χ4n) is 3.35. The van der Waals surface area contributed by atoms with Gasteiger partial charge in [0.05, 0.1) is 16.0 Å². The van der Waals surface area contributed by atoms with Gasteiger partial charge in [-0.15, -0.1) is 0 Å². The second kappa shape index (κ2) is 6.90. The van der Waals surface area contributed by atoms with Crippen LogP contribution in [0.1, 0.15) is 19.3 Å². The summed E-state index contributed by atoms with van der Waals surface area (Å²) in [4.78, 5) is 17.0. The number of benzene rings is 1. The topological polar surface area (TPSA) is 60.9 Å². The summed E-state index contributed by atoms with van der Waals surface area (Å²) in [7, 11) is 0.695. The Morgan fingerprint density at radius 3 is 2.50 bits per heavy atom. The Labute approximate surface area is 143 Å². The first kappa shape index (κ1) is 17.5. The molecule has 7 heteroatoms. The van der Waals surface area contributed by atoms with E-state index in [1.807, 2.05) is 7.05 Å². The largest absolute Gasteiger partial charge is 0.380 e. The van der Waals surface area contributed by atoms with Crippen molar-refractivity contribution in [3.63, 3.8) is 0 Å². The molecule has 2 fully saturated rings. The summed E-state index contributed by atoms with van der Waals surface area (Å²) in [6.45, 7) is 2.28. The molecule has 0 aliphatic carbocycles. The summed E-state index contributed by atoms with van der Waals surface area (Å²) >= 11 is 0. The molecule has 132 valence electrons. The Balaban J connectivity index is 1.63. The van der Waals surface area contributed by atoms with Crippen molar-refractivity contribution in [2.24, 2.45) is 0 Å². The smallest absolute Gasteiger partial charge is 0.254 e. The summed E-state index contributed by atoms with van der Waals surface area (Å²) in [6.07, 6.45) is 1.50. The number of nitrogens with zero attached hydrogens (tertiary/aromatic N) is 2. The van der Waals surface area contributed by atoms with Gasteiger partial charge in [0.2, 0.25) is 0 Å². The van der Waals surface area contributed by atoms with Crippen LogP contribution in [0.5, 0.6) is 0 Å². The summed E-state index contributed by atoms with van der Waals surface area (Å²) in [5.74, 6) is -0.599. The third-order valence-corrected chi connectivity index (χ3v) is 6.72. The Bertz CT molecular complexity index is 629. The third-order valence-electron chi connectivity index (χ3n) is 4.99. The number of carbonyl (C=O) groups is 1. The summed E-state index contributed by atoms with van der Waals surface area (Å²) in [5.41, 5.74) is -1.29. The molecule has 0 saturated carbocycles. The average Bonchev–Trinajstić information content (AvgIpc) is 3.07. The van der Waals surface area contributed by atoms with Crippen molar-refractivity contribution in [1.29, 1.82) is 0 Å². The number of rotatable bonds is 3. The molecule has 1 aromatic rings. The van der Waals surface area contributed by atoms with Crippen LogP contribution in [0, 0.1) is 5.82 Å². The molecule has 2 aliphatic heterocycles. The van der Waals surface area contributed by atoms with Crippen molar-refractivity contribution in [2.45, 2.75) is 35.0 Å². The van der Waals surface area contributed by atoms with Gasteiger partial charge in [-0.25, -0.2) is 4.39 Å². The Morgan fingerprint density at radius 1 is 1.25 bits per heavy atom. The molecule has 0 aromatic heterocycles. The van der Waals surface area contributed by atoms with E-state index >= 15 is 0 Å². The van der Waals surface area contributed by atoms with E-state index in [1.54, 1.807) is 4.90 Å². The number of piperidine rings is 1. The number of hydrogen-bond donors (Lipinski definition) is 1. The molecule has 1 aromatic carbocycles. The maximum atomic E-state index is 13.0. The van der Waals surface area contributed by atoms with Gasteiger partial charge < -0.3 is 14.9 Å². The van der Waals surface area contributed by atoms with Gasteiger partial charge in [-0.2, -0.15) is 0 Å². The van der Waals surface area contributed by atoms with Gasteiger partial charge in [-0.1, -0.05) is 0 Å². The van der Waals surface area contributed by atoms with E-state index in [2.05, 4.69) is 4.90 Å². The second-order valence-corrected chi connectivity index (χ2v) is 8.48. The van der Waals surface area contributed by atoms with Gasteiger partial charge in [0, 0.05) is 31.1 Å². The lowest BCUT2D eigenvalue weighted by Crippen LogP contribution is -2.54. The first-order valence-electron chi connectivity index (χ1n) is 8.25. The molecule has 24 heavy (non-hydrogen) atoms. The fourth-order valence-corrected chi connectivity index (χ4v) is 4.77. The lowest BCUT2D eigenvalue weighted by molar-refractivity contribution is -0.154. The molecule has 3 rings (SSSR count). The lowest BCUT2D eigenvalue weighted by Gasteiger charge is -2.37. The van der Waals surface area contributed by atoms with Crippen LogP contribution in [0.15, 0.2) is 29.2 Å². The van der Waals surface area contributed by atoms with Crippen molar-refractivity contribution >= 4 is 16.7 Å². The zero-order valence-corrected chi connectivity index (χ0v) is 14.6. The van der Waals surface area contributed by atoms with Crippen LogP contribution in [0.2, 0.25) is 0 Å². The van der Waals surface area contributed by atoms with E-state index in [4.69, 9.17) is 0 Å². The molecule has 1 amide bonds. The Kier molecular flexibility index (Phi) is 5.03. The standard InChI is InChI=1S/C17H23FN2O3S/c1-19-10-7-17(22,8-11-19)16(21)20-9-6-15(12-20)24(23)14-4-2-13(18)3-5-14/h2-5,15,22H,6-12H2,1H3. The van der Waals surface area contributed by atoms with E-state index in [0.29, 0.717) is 50.3 Å². The third kappa shape index (κ3) is 3.53. The van der Waals surface area contributed by atoms with Crippen LogP contribution < -0.4 is 0 Å². The second-order valence-electron chi connectivity index (χ2n) is 6.75. The van der Waals surface area contributed by atoms with E-state index in [-0.39, 0.29) is 17.0 Å². The van der Waals surface area contributed by atoms with Crippen LogP contribution in [-0.4, -0.2) is 69.1 Å². The monoisotopic (exact) mass is 354 g/mol. The maximum Gasteiger partial charge on any atom is 0.254 e. The minimum Gasteiger partial charge on any atom is -0.380 e. The number of amides is 1. The highest BCUT2D eigenvalue weighted by atomic mass is 32.2. The lowest BCUT2D eigenvalue weighted by atomic mass is 9.90. The quantitative estimate of drug-likeness (QED) is 0.879. The molecule has 0 radical (unpaired) electrons. The van der Waals surface area contributed by atoms with Crippen molar-refractivity contribution in [3.05, 3.63) is 30.1 Å². The van der Waals surface area contributed by atoms with Crippen LogP contribution in [0.4, 0.5) is 4.39 Å². The van der Waals surface area contributed by atoms with E-state index in [9.17, 15) is 18.5 Å². The number of hydrogen-bond acceptors (Lipinski definition) is 4. The van der Waals surface area contributed by atoms with Gasteiger partial charge in [0.1, 0.15) is 11.4 Å². The summed E-state index contributed by atoms with van der Waals surface area (Å²) in [6, 6.07) is 5.65. The zero-order chi connectivity index (χ0) is 17.3. The highest BCUT2D eigenvalue weighted by Gasteiger charge is 2.43. The van der Waals surface area contributed by atoms with Crippen LogP contribution in [-0.2, 0) is 15.6 Å². The minimum atomic E-state index is -1.29. The van der Waals surface area contributed by atoms with Gasteiger partial charge in [-0.3, -0.25) is 9.00 Å². The van der Waals surface area contributed by atoms with Crippen LogP contribution in [0.25, 0.3) is 0 Å². The van der Waals surface area contributed by atoms with E-state index < -0.39 is 16.4 Å². The Hall–Kier alpha value is -1.31. The van der Waals surface area contributed by atoms with Crippen LogP contribution >= 0.6 is 0 Å². The molecule has 2 atom stereocenters. The highest BCUT2D eigenvalue weighted by Crippen LogP contribution is 2.28. The highest BCUT2D eigenvalue weighted by molar-refractivity contribution is 7.85. The van der Waals surface area contributed by atoms with Gasteiger partial charge in [0.15, 0.2) is 0 Å². The molecule has 1 N–H and O–H groups in total. The van der Waals surface area contributed by atoms with Crippen LogP contribution in [0.3, 0.4) is 0 Å². The molecule has 2 heterocycles. The number of carbonyl (C=O) groups excluding carboxylic acids is 1. The summed E-state index contributed by atoms with van der Waals surface area (Å²) < 4.78 is 25.6. The SMILES string of the molecule is CN1CCC(O)(C(=O)N2CCC(S(=O)c3ccc(F)cc3)C2)CC1. The summed E-state index contributed by atoms with van der Waals surface area (Å²) in [5, 5.41) is 10.5. The molecule has 2 unspecified atom stereocenters. The predicted molar refractivity (Wildman–Crippen MR) is 89.5 cm³/mol. The Morgan fingerprint density at radius 2 is 1.88 bits per heavy atom. The number of aliphatic hydroxyl groups is 1. The van der Waals surface area contributed by atoms with Gasteiger partial charge in [0.25, 0.3) is 5.91 Å². The van der Waals surface area contributed by atoms with Crippen molar-refractivity contribution in [1.82, 2.24) is 9.80 Å². The van der Waals surface area contributed by atoms with Crippen molar-refractivity contribution in [3.8, 4) is 0 Å². The van der Waals surface area contributed by atoms with Gasteiger partial charge >= 0.3 is 0 Å². The molecular weight excluding hydrogens is 331 g/mol. The minimum absolute atomic E-state index is 0.172. The first-order chi connectivity index (χ1) is 11.4. The molecule has 2 saturated heterocycles. The zero-order valence-electron chi connectivity index (χ0n) is 13.8. The normalized spacial score (nSPS) is 25.6. The maximum absolute atomic E-state index is 13.0. The average molecular weight is 354 g/mol. The number of halogens is 1. The number of likely N-dealkylation sites (tertiary alicyclic amines) is 2. The van der Waals surface area contributed by atoms with E-state index in [0.717, 1.165) is 0 Å². The molecular formula is C17H23FN2O3S. The van der Waals surface area contributed by atoms with E-state index in [1.165, 1.54) is 24.3 Å². The fraction of sp³-hybridized carbons (Fsp3) is 0.588. The van der Waals surface area contributed by atoms with Gasteiger partial charge in [-0.05, 0) is 50.6 Å². The molecule has 0 bridgehead atoms. The predicted octanol–water partition coefficient (Wildman–Crippen LogP) is 0.991. The van der Waals surface area contributed by atoms with Crippen molar-refractivity contribution in [2.75, 3.05) is 33.2 Å². The molecule has 2 aliphatic rings. The first-order valence-corrected chi connectivity index (χ1v) is 9.47. The van der Waals surface area contributed by atoms with Crippen molar-refractivity contribution < 1.29 is 18.5 Å².